The molecule has 0 aliphatic rings. The number of nitrogens with zero attached hydrogens (tertiary/aromatic N) is 3. The van der Waals surface area contributed by atoms with Gasteiger partial charge < -0.3 is 15.8 Å². The number of hydrogen-bond acceptors (Lipinski definition) is 4. The van der Waals surface area contributed by atoms with Crippen LogP contribution in [0.25, 0.3) is 0 Å². The fourth-order valence-corrected chi connectivity index (χ4v) is 2.00. The van der Waals surface area contributed by atoms with Gasteiger partial charge in [0.1, 0.15) is 11.7 Å². The molecule has 0 bridgehead atoms. The van der Waals surface area contributed by atoms with Crippen LogP contribution < -0.4 is 10.6 Å². The second-order valence-corrected chi connectivity index (χ2v) is 4.63. The Hall–Kier alpha value is -1.30. The molecule has 0 radical (unpaired) electrons. The molecule has 0 aromatic carbocycles. The summed E-state index contributed by atoms with van der Waals surface area (Å²) in [5.41, 5.74) is 5.58. The first kappa shape index (κ1) is 13.8. The topological polar surface area (TPSA) is 74.7 Å². The molecule has 94 valence electrons. The lowest BCUT2D eigenvalue weighted by molar-refractivity contribution is 0.314. The predicted molar refractivity (Wildman–Crippen MR) is 72.4 cm³/mol. The van der Waals surface area contributed by atoms with Gasteiger partial charge in [-0.3, -0.25) is 0 Å². The van der Waals surface area contributed by atoms with Crippen molar-refractivity contribution in [2.24, 2.45) is 16.8 Å². The third-order valence-electron chi connectivity index (χ3n) is 2.53. The van der Waals surface area contributed by atoms with Crippen molar-refractivity contribution in [1.29, 1.82) is 0 Å². The zero-order valence-corrected chi connectivity index (χ0v) is 11.6. The average Bonchev–Trinajstić information content (AvgIpc) is 2.35. The molecule has 5 nitrogen and oxygen atoms in total. The number of anilines is 1. The highest BCUT2D eigenvalue weighted by atomic mass is 79.9. The lowest BCUT2D eigenvalue weighted by Crippen LogP contribution is -2.35. The summed E-state index contributed by atoms with van der Waals surface area (Å²) in [6, 6.07) is 3.81. The van der Waals surface area contributed by atoms with Crippen LogP contribution in [0, 0.1) is 5.92 Å². The van der Waals surface area contributed by atoms with E-state index < -0.39 is 0 Å². The normalized spacial score (nSPS) is 13.5. The van der Waals surface area contributed by atoms with Gasteiger partial charge in [0, 0.05) is 25.2 Å². The zero-order chi connectivity index (χ0) is 12.8. The predicted octanol–water partition coefficient (Wildman–Crippen LogP) is 2.05. The van der Waals surface area contributed by atoms with Gasteiger partial charge in [-0.1, -0.05) is 12.1 Å². The van der Waals surface area contributed by atoms with Crippen molar-refractivity contribution in [3.8, 4) is 0 Å². The molecule has 1 unspecified atom stereocenters. The molecule has 0 saturated heterocycles. The van der Waals surface area contributed by atoms with Crippen LogP contribution in [0.2, 0.25) is 0 Å². The van der Waals surface area contributed by atoms with Crippen LogP contribution in [0.3, 0.4) is 0 Å². The number of rotatable bonds is 5. The number of nitrogens with two attached hydrogens (primary N) is 1. The molecule has 0 fully saturated rings. The van der Waals surface area contributed by atoms with Gasteiger partial charge in [-0.15, -0.1) is 0 Å². The summed E-state index contributed by atoms with van der Waals surface area (Å²) < 4.78 is 0.938. The minimum atomic E-state index is -0.0335. The van der Waals surface area contributed by atoms with E-state index in [-0.39, 0.29) is 11.8 Å². The summed E-state index contributed by atoms with van der Waals surface area (Å²) in [7, 11) is 0. The van der Waals surface area contributed by atoms with E-state index in [1.807, 2.05) is 26.0 Å². The summed E-state index contributed by atoms with van der Waals surface area (Å²) in [4.78, 5) is 6.40. The maximum Gasteiger partial charge on any atom is 0.143 e. The van der Waals surface area contributed by atoms with Crippen molar-refractivity contribution >= 4 is 27.6 Å². The van der Waals surface area contributed by atoms with Gasteiger partial charge in [0.15, 0.2) is 0 Å². The Morgan fingerprint density at radius 1 is 1.71 bits per heavy atom. The SMILES string of the molecule is CCN(CC(C)C(N)=NO)c1ncccc1Br. The van der Waals surface area contributed by atoms with Gasteiger partial charge in [0.2, 0.25) is 0 Å². The molecule has 6 heteroatoms. The van der Waals surface area contributed by atoms with Crippen LogP contribution in [-0.4, -0.2) is 29.1 Å². The van der Waals surface area contributed by atoms with E-state index in [2.05, 4.69) is 31.0 Å². The number of pyridine rings is 1. The van der Waals surface area contributed by atoms with Crippen LogP contribution in [0.4, 0.5) is 5.82 Å². The van der Waals surface area contributed by atoms with Crippen molar-refractivity contribution < 1.29 is 5.21 Å². The van der Waals surface area contributed by atoms with Gasteiger partial charge in [0.25, 0.3) is 0 Å². The second kappa shape index (κ2) is 6.44. The van der Waals surface area contributed by atoms with Gasteiger partial charge in [-0.25, -0.2) is 4.98 Å². The standard InChI is InChI=1S/C11H17BrN4O/c1-3-16(7-8(2)10(13)15-17)11-9(12)5-4-6-14-11/h4-6,8,17H,3,7H2,1-2H3,(H2,13,15). The van der Waals surface area contributed by atoms with E-state index >= 15 is 0 Å². The number of oxime groups is 1. The molecule has 0 aliphatic heterocycles. The number of amidine groups is 1. The van der Waals surface area contributed by atoms with Gasteiger partial charge in [-0.05, 0) is 35.0 Å². The fraction of sp³-hybridized carbons (Fsp3) is 0.455. The smallest absolute Gasteiger partial charge is 0.143 e. The summed E-state index contributed by atoms with van der Waals surface area (Å²) in [5, 5.41) is 11.7. The Bertz CT molecular complexity index is 397. The Morgan fingerprint density at radius 2 is 2.41 bits per heavy atom. The van der Waals surface area contributed by atoms with E-state index in [4.69, 9.17) is 10.9 Å². The van der Waals surface area contributed by atoms with Crippen LogP contribution in [0.1, 0.15) is 13.8 Å². The minimum absolute atomic E-state index is 0.0335. The monoisotopic (exact) mass is 300 g/mol. The maximum absolute atomic E-state index is 8.64. The van der Waals surface area contributed by atoms with Crippen LogP contribution in [0.5, 0.6) is 0 Å². The van der Waals surface area contributed by atoms with Crippen LogP contribution >= 0.6 is 15.9 Å². The summed E-state index contributed by atoms with van der Waals surface area (Å²) in [5.74, 6) is 1.07. The highest BCUT2D eigenvalue weighted by Crippen LogP contribution is 2.23. The van der Waals surface area contributed by atoms with E-state index in [1.54, 1.807) is 6.20 Å². The summed E-state index contributed by atoms with van der Waals surface area (Å²) in [6.07, 6.45) is 1.75. The van der Waals surface area contributed by atoms with Gasteiger partial charge in [-0.2, -0.15) is 0 Å². The first-order chi connectivity index (χ1) is 8.10. The van der Waals surface area contributed by atoms with Crippen LogP contribution in [-0.2, 0) is 0 Å². The lowest BCUT2D eigenvalue weighted by atomic mass is 10.1. The lowest BCUT2D eigenvalue weighted by Gasteiger charge is -2.25. The van der Waals surface area contributed by atoms with E-state index in [9.17, 15) is 0 Å². The molecule has 1 aromatic rings. The van der Waals surface area contributed by atoms with Crippen molar-refractivity contribution in [1.82, 2.24) is 4.98 Å². The summed E-state index contributed by atoms with van der Waals surface area (Å²) >= 11 is 3.47. The van der Waals surface area contributed by atoms with Crippen LogP contribution in [0.15, 0.2) is 28.0 Å². The molecule has 0 spiro atoms. The minimum Gasteiger partial charge on any atom is -0.409 e. The molecular formula is C11H17BrN4O. The molecular weight excluding hydrogens is 284 g/mol. The Kier molecular flexibility index (Phi) is 5.21. The van der Waals surface area contributed by atoms with Crippen molar-refractivity contribution in [2.45, 2.75) is 13.8 Å². The van der Waals surface area contributed by atoms with Crippen molar-refractivity contribution in [3.05, 3.63) is 22.8 Å². The fourth-order valence-electron chi connectivity index (χ4n) is 1.50. The third-order valence-corrected chi connectivity index (χ3v) is 3.15. The molecule has 0 aliphatic carbocycles. The highest BCUT2D eigenvalue weighted by molar-refractivity contribution is 9.10. The van der Waals surface area contributed by atoms with Crippen molar-refractivity contribution in [3.63, 3.8) is 0 Å². The van der Waals surface area contributed by atoms with Gasteiger partial charge in [0.05, 0.1) is 4.47 Å². The Morgan fingerprint density at radius 3 is 2.94 bits per heavy atom. The molecule has 1 heterocycles. The summed E-state index contributed by atoms with van der Waals surface area (Å²) in [6.45, 7) is 5.41. The number of aromatic nitrogens is 1. The van der Waals surface area contributed by atoms with Gasteiger partial charge >= 0.3 is 0 Å². The third kappa shape index (κ3) is 3.59. The molecule has 3 N–H and O–H groups in total. The zero-order valence-electron chi connectivity index (χ0n) is 9.97. The van der Waals surface area contributed by atoms with E-state index in [1.165, 1.54) is 0 Å². The largest absolute Gasteiger partial charge is 0.409 e. The van der Waals surface area contributed by atoms with Crippen molar-refractivity contribution in [2.75, 3.05) is 18.0 Å². The first-order valence-corrected chi connectivity index (χ1v) is 6.22. The highest BCUT2D eigenvalue weighted by Gasteiger charge is 2.15. The molecule has 0 amide bonds. The molecule has 1 atom stereocenters. The quantitative estimate of drug-likeness (QED) is 0.378. The Labute approximate surface area is 109 Å². The first-order valence-electron chi connectivity index (χ1n) is 5.43. The van der Waals surface area contributed by atoms with E-state index in [0.717, 1.165) is 16.8 Å². The molecule has 17 heavy (non-hydrogen) atoms. The maximum atomic E-state index is 8.64. The average molecular weight is 301 g/mol. The Balaban J connectivity index is 2.83. The molecule has 1 aromatic heterocycles. The molecule has 1 rings (SSSR count). The van der Waals surface area contributed by atoms with E-state index in [0.29, 0.717) is 6.54 Å². The second-order valence-electron chi connectivity index (χ2n) is 3.77. The molecule has 0 saturated carbocycles. The number of hydrogen-bond donors (Lipinski definition) is 2. The number of halogens is 1.